The average Bonchev–Trinajstić information content (AvgIpc) is 2.47. The van der Waals surface area contributed by atoms with E-state index in [1.807, 2.05) is 0 Å². The maximum atomic E-state index is 6.02. The average molecular weight is 350 g/mol. The van der Waals surface area contributed by atoms with Gasteiger partial charge in [-0.25, -0.2) is 0 Å². The van der Waals surface area contributed by atoms with Gasteiger partial charge in [0.15, 0.2) is 0 Å². The molecule has 0 bridgehead atoms. The number of rotatable bonds is 8. The van der Waals surface area contributed by atoms with Crippen LogP contribution in [0.3, 0.4) is 0 Å². The Bertz CT molecular complexity index is 570. The summed E-state index contributed by atoms with van der Waals surface area (Å²) in [5.74, 6) is 0.957. The van der Waals surface area contributed by atoms with E-state index in [4.69, 9.17) is 4.74 Å². The molecular weight excluding hydrogens is 326 g/mol. The highest BCUT2D eigenvalue weighted by atomic mass is 79.9. The fraction of sp³-hybridized carbons (Fsp3) is 0.444. The summed E-state index contributed by atoms with van der Waals surface area (Å²) in [4.78, 5) is 0. The summed E-state index contributed by atoms with van der Waals surface area (Å²) in [6.45, 7) is 6.52. The number of nitrogens with one attached hydrogen (secondary N) is 1. The van der Waals surface area contributed by atoms with E-state index in [-0.39, 0.29) is 6.10 Å². The molecule has 21 heavy (non-hydrogen) atoms. The predicted molar refractivity (Wildman–Crippen MR) is 94.1 cm³/mol. The van der Waals surface area contributed by atoms with Crippen LogP contribution in [0.1, 0.15) is 33.1 Å². The van der Waals surface area contributed by atoms with Crippen LogP contribution in [-0.4, -0.2) is 19.2 Å². The van der Waals surface area contributed by atoms with Crippen molar-refractivity contribution in [3.05, 3.63) is 40.9 Å². The summed E-state index contributed by atoms with van der Waals surface area (Å²) in [6, 6.07) is 12.6. The number of ether oxygens (including phenoxy) is 1. The van der Waals surface area contributed by atoms with E-state index in [9.17, 15) is 0 Å². The number of fused-ring (bicyclic) bond motifs is 1. The zero-order valence-electron chi connectivity index (χ0n) is 12.9. The van der Waals surface area contributed by atoms with Gasteiger partial charge in [0.1, 0.15) is 5.75 Å². The van der Waals surface area contributed by atoms with Crippen LogP contribution >= 0.6 is 15.9 Å². The van der Waals surface area contributed by atoms with Gasteiger partial charge in [-0.05, 0) is 74.3 Å². The van der Waals surface area contributed by atoms with Crippen LogP contribution in [0.4, 0.5) is 0 Å². The Morgan fingerprint density at radius 2 is 1.86 bits per heavy atom. The van der Waals surface area contributed by atoms with Crippen molar-refractivity contribution < 1.29 is 4.74 Å². The van der Waals surface area contributed by atoms with E-state index in [1.54, 1.807) is 0 Å². The first-order valence-corrected chi connectivity index (χ1v) is 8.55. The molecule has 1 N–H and O–H groups in total. The third-order valence-corrected chi connectivity index (χ3v) is 4.00. The van der Waals surface area contributed by atoms with Crippen molar-refractivity contribution in [2.24, 2.45) is 0 Å². The lowest BCUT2D eigenvalue weighted by Crippen LogP contribution is -2.19. The molecule has 0 radical (unpaired) electrons. The zero-order valence-corrected chi connectivity index (χ0v) is 14.4. The monoisotopic (exact) mass is 349 g/mol. The highest BCUT2D eigenvalue weighted by Gasteiger charge is 2.05. The summed E-state index contributed by atoms with van der Waals surface area (Å²) in [6.07, 6.45) is 3.68. The summed E-state index contributed by atoms with van der Waals surface area (Å²) in [5, 5.41) is 5.87. The first-order chi connectivity index (χ1) is 10.2. The van der Waals surface area contributed by atoms with E-state index in [0.717, 1.165) is 36.2 Å². The Morgan fingerprint density at radius 3 is 2.67 bits per heavy atom. The van der Waals surface area contributed by atoms with Crippen molar-refractivity contribution in [3.63, 3.8) is 0 Å². The van der Waals surface area contributed by atoms with Gasteiger partial charge in [0.25, 0.3) is 0 Å². The molecule has 0 saturated heterocycles. The molecule has 1 atom stereocenters. The molecule has 2 nitrogen and oxygen atoms in total. The largest absolute Gasteiger partial charge is 0.491 e. The van der Waals surface area contributed by atoms with Crippen molar-refractivity contribution in [2.45, 2.75) is 39.2 Å². The van der Waals surface area contributed by atoms with Gasteiger partial charge in [0.05, 0.1) is 6.10 Å². The van der Waals surface area contributed by atoms with Gasteiger partial charge in [-0.2, -0.15) is 0 Å². The van der Waals surface area contributed by atoms with Crippen LogP contribution in [0.5, 0.6) is 5.75 Å². The molecule has 0 saturated carbocycles. The molecule has 0 heterocycles. The third kappa shape index (κ3) is 5.33. The standard InChI is InChI=1S/C18H24BrNO/c1-3-10-20-11-4-5-14(2)21-18-9-7-15-12-17(19)8-6-16(15)13-18/h6-9,12-14,20H,3-5,10-11H2,1-2H3. The molecule has 0 spiro atoms. The van der Waals surface area contributed by atoms with E-state index in [1.165, 1.54) is 17.2 Å². The molecule has 0 fully saturated rings. The Morgan fingerprint density at radius 1 is 1.10 bits per heavy atom. The minimum Gasteiger partial charge on any atom is -0.491 e. The van der Waals surface area contributed by atoms with Gasteiger partial charge in [0, 0.05) is 4.47 Å². The van der Waals surface area contributed by atoms with Gasteiger partial charge in [0.2, 0.25) is 0 Å². The SMILES string of the molecule is CCCNCCCC(C)Oc1ccc2cc(Br)ccc2c1. The van der Waals surface area contributed by atoms with Gasteiger partial charge < -0.3 is 10.1 Å². The molecule has 0 amide bonds. The molecule has 0 aliphatic rings. The second-order valence-corrected chi connectivity index (χ2v) is 6.39. The van der Waals surface area contributed by atoms with Crippen LogP contribution < -0.4 is 10.1 Å². The Balaban J connectivity index is 1.86. The Hall–Kier alpha value is -1.06. The van der Waals surface area contributed by atoms with E-state index in [0.29, 0.717) is 0 Å². The Labute approximate surface area is 136 Å². The van der Waals surface area contributed by atoms with E-state index < -0.39 is 0 Å². The number of halogens is 1. The Kier molecular flexibility index (Phi) is 6.52. The first kappa shape index (κ1) is 16.3. The lowest BCUT2D eigenvalue weighted by atomic mass is 10.1. The maximum absolute atomic E-state index is 6.02. The minimum absolute atomic E-state index is 0.251. The van der Waals surface area contributed by atoms with Gasteiger partial charge >= 0.3 is 0 Å². The number of hydrogen-bond donors (Lipinski definition) is 1. The molecule has 0 aromatic heterocycles. The smallest absolute Gasteiger partial charge is 0.120 e. The zero-order chi connectivity index (χ0) is 15.1. The van der Waals surface area contributed by atoms with E-state index in [2.05, 4.69) is 71.5 Å². The summed E-state index contributed by atoms with van der Waals surface area (Å²) in [5.41, 5.74) is 0. The predicted octanol–water partition coefficient (Wildman–Crippen LogP) is 5.15. The van der Waals surface area contributed by atoms with E-state index >= 15 is 0 Å². The molecule has 0 aliphatic heterocycles. The van der Waals surface area contributed by atoms with Crippen LogP contribution in [-0.2, 0) is 0 Å². The van der Waals surface area contributed by atoms with Crippen LogP contribution in [0.25, 0.3) is 10.8 Å². The molecule has 0 aliphatic carbocycles. The van der Waals surface area contributed by atoms with Crippen LogP contribution in [0, 0.1) is 0 Å². The molecule has 114 valence electrons. The van der Waals surface area contributed by atoms with Crippen LogP contribution in [0.15, 0.2) is 40.9 Å². The third-order valence-electron chi connectivity index (χ3n) is 3.50. The molecule has 1 unspecified atom stereocenters. The molecule has 2 aromatic carbocycles. The lowest BCUT2D eigenvalue weighted by Gasteiger charge is -2.15. The van der Waals surface area contributed by atoms with Crippen molar-refractivity contribution in [1.29, 1.82) is 0 Å². The number of benzene rings is 2. The number of hydrogen-bond acceptors (Lipinski definition) is 2. The van der Waals surface area contributed by atoms with Crippen molar-refractivity contribution >= 4 is 26.7 Å². The van der Waals surface area contributed by atoms with Crippen molar-refractivity contribution in [3.8, 4) is 5.75 Å². The summed E-state index contributed by atoms with van der Waals surface area (Å²) >= 11 is 3.50. The summed E-state index contributed by atoms with van der Waals surface area (Å²) in [7, 11) is 0. The molecular formula is C18H24BrNO. The summed E-state index contributed by atoms with van der Waals surface area (Å²) < 4.78 is 7.13. The second-order valence-electron chi connectivity index (χ2n) is 5.47. The molecule has 2 rings (SSSR count). The fourth-order valence-electron chi connectivity index (χ4n) is 2.38. The van der Waals surface area contributed by atoms with Gasteiger partial charge in [-0.15, -0.1) is 0 Å². The highest BCUT2D eigenvalue weighted by molar-refractivity contribution is 9.10. The second kappa shape index (κ2) is 8.40. The topological polar surface area (TPSA) is 21.3 Å². The minimum atomic E-state index is 0.251. The fourth-order valence-corrected chi connectivity index (χ4v) is 2.75. The van der Waals surface area contributed by atoms with Gasteiger partial charge in [-0.1, -0.05) is 35.0 Å². The molecule has 2 aromatic rings. The lowest BCUT2D eigenvalue weighted by molar-refractivity contribution is 0.208. The molecule has 3 heteroatoms. The van der Waals surface area contributed by atoms with Crippen molar-refractivity contribution in [1.82, 2.24) is 5.32 Å². The maximum Gasteiger partial charge on any atom is 0.120 e. The van der Waals surface area contributed by atoms with Crippen molar-refractivity contribution in [2.75, 3.05) is 13.1 Å². The van der Waals surface area contributed by atoms with Crippen LogP contribution in [0.2, 0.25) is 0 Å². The van der Waals surface area contributed by atoms with Gasteiger partial charge in [-0.3, -0.25) is 0 Å². The normalized spacial score (nSPS) is 12.5. The first-order valence-electron chi connectivity index (χ1n) is 7.75. The highest BCUT2D eigenvalue weighted by Crippen LogP contribution is 2.25. The quantitative estimate of drug-likeness (QED) is 0.665.